The first-order chi connectivity index (χ1) is 9.08. The van der Waals surface area contributed by atoms with Crippen molar-refractivity contribution >= 4 is 45.0 Å². The highest BCUT2D eigenvalue weighted by atomic mass is 79.9. The van der Waals surface area contributed by atoms with Crippen LogP contribution in [0.5, 0.6) is 0 Å². The summed E-state index contributed by atoms with van der Waals surface area (Å²) in [5, 5.41) is 7.49. The molecule has 2 rings (SSSR count). The van der Waals surface area contributed by atoms with Crippen LogP contribution >= 0.6 is 39.1 Å². The maximum absolute atomic E-state index is 11.9. The van der Waals surface area contributed by atoms with Gasteiger partial charge in [0.05, 0.1) is 32.8 Å². The lowest BCUT2D eigenvalue weighted by atomic mass is 10.2. The fourth-order valence-corrected chi connectivity index (χ4v) is 2.23. The smallest absolute Gasteiger partial charge is 0.252 e. The Balaban J connectivity index is 1.93. The molecule has 1 N–H and O–H groups in total. The predicted molar refractivity (Wildman–Crippen MR) is 78.7 cm³/mol. The van der Waals surface area contributed by atoms with Crippen molar-refractivity contribution in [2.24, 2.45) is 0 Å². The summed E-state index contributed by atoms with van der Waals surface area (Å²) in [6.07, 6.45) is 3.52. The summed E-state index contributed by atoms with van der Waals surface area (Å²) in [7, 11) is 0. The van der Waals surface area contributed by atoms with Gasteiger partial charge in [0.15, 0.2) is 0 Å². The number of hydrogen-bond donors (Lipinski definition) is 1. The number of halogens is 3. The van der Waals surface area contributed by atoms with Crippen molar-refractivity contribution in [1.82, 2.24) is 15.1 Å². The number of carbonyl (C=O) groups excluding carboxylic acids is 1. The SMILES string of the molecule is O=C(NCCn1cc(Br)cn1)c1cccc(Cl)c1Cl. The molecular weight excluding hydrogens is 353 g/mol. The number of hydrogen-bond acceptors (Lipinski definition) is 2. The molecule has 1 amide bonds. The summed E-state index contributed by atoms with van der Waals surface area (Å²) in [6.45, 7) is 1.03. The van der Waals surface area contributed by atoms with Crippen LogP contribution in [0.2, 0.25) is 10.0 Å². The first-order valence-electron chi connectivity index (χ1n) is 5.48. The van der Waals surface area contributed by atoms with Crippen LogP contribution in [-0.4, -0.2) is 22.2 Å². The van der Waals surface area contributed by atoms with E-state index in [4.69, 9.17) is 23.2 Å². The number of carbonyl (C=O) groups is 1. The van der Waals surface area contributed by atoms with Gasteiger partial charge >= 0.3 is 0 Å². The van der Waals surface area contributed by atoms with Gasteiger partial charge in [-0.2, -0.15) is 5.10 Å². The molecule has 2 aromatic rings. The van der Waals surface area contributed by atoms with Crippen LogP contribution in [0.3, 0.4) is 0 Å². The molecule has 0 atom stereocenters. The van der Waals surface area contributed by atoms with Crippen LogP contribution in [0.15, 0.2) is 35.1 Å². The molecule has 0 aliphatic heterocycles. The average molecular weight is 363 g/mol. The first kappa shape index (κ1) is 14.4. The third-order valence-corrected chi connectivity index (χ3v) is 3.65. The minimum Gasteiger partial charge on any atom is -0.350 e. The Kier molecular flexibility index (Phi) is 4.85. The average Bonchev–Trinajstić information content (AvgIpc) is 2.78. The van der Waals surface area contributed by atoms with Gasteiger partial charge in [0.25, 0.3) is 5.91 Å². The lowest BCUT2D eigenvalue weighted by molar-refractivity contribution is 0.0952. The van der Waals surface area contributed by atoms with Crippen molar-refractivity contribution in [3.8, 4) is 0 Å². The van der Waals surface area contributed by atoms with E-state index in [0.29, 0.717) is 23.7 Å². The van der Waals surface area contributed by atoms with E-state index < -0.39 is 0 Å². The van der Waals surface area contributed by atoms with Gasteiger partial charge < -0.3 is 5.32 Å². The molecule has 100 valence electrons. The number of amides is 1. The van der Waals surface area contributed by atoms with Crippen molar-refractivity contribution in [3.05, 3.63) is 50.7 Å². The highest BCUT2D eigenvalue weighted by molar-refractivity contribution is 9.10. The fourth-order valence-electron chi connectivity index (χ4n) is 1.52. The molecule has 19 heavy (non-hydrogen) atoms. The van der Waals surface area contributed by atoms with E-state index >= 15 is 0 Å². The zero-order valence-corrected chi connectivity index (χ0v) is 12.8. The Hall–Kier alpha value is -1.04. The highest BCUT2D eigenvalue weighted by Gasteiger charge is 2.11. The number of aromatic nitrogens is 2. The molecule has 0 fully saturated rings. The van der Waals surface area contributed by atoms with E-state index in [1.807, 2.05) is 6.20 Å². The van der Waals surface area contributed by atoms with Gasteiger partial charge in [-0.05, 0) is 28.1 Å². The van der Waals surface area contributed by atoms with E-state index in [9.17, 15) is 4.79 Å². The Morgan fingerprint density at radius 2 is 2.21 bits per heavy atom. The third kappa shape index (κ3) is 3.72. The molecule has 0 aliphatic rings. The highest BCUT2D eigenvalue weighted by Crippen LogP contribution is 2.25. The molecule has 1 heterocycles. The van der Waals surface area contributed by atoms with Crippen LogP contribution in [0.25, 0.3) is 0 Å². The zero-order chi connectivity index (χ0) is 13.8. The van der Waals surface area contributed by atoms with E-state index in [0.717, 1.165) is 4.47 Å². The van der Waals surface area contributed by atoms with Crippen LogP contribution in [0.4, 0.5) is 0 Å². The molecule has 4 nitrogen and oxygen atoms in total. The third-order valence-electron chi connectivity index (χ3n) is 2.42. The van der Waals surface area contributed by atoms with Crippen molar-refractivity contribution < 1.29 is 4.79 Å². The molecule has 0 saturated heterocycles. The molecule has 0 radical (unpaired) electrons. The van der Waals surface area contributed by atoms with E-state index in [1.54, 1.807) is 29.1 Å². The van der Waals surface area contributed by atoms with E-state index in [1.165, 1.54) is 0 Å². The Labute approximate surface area is 128 Å². The molecule has 0 unspecified atom stereocenters. The number of benzene rings is 1. The van der Waals surface area contributed by atoms with Crippen LogP contribution in [0, 0.1) is 0 Å². The zero-order valence-electron chi connectivity index (χ0n) is 9.74. The summed E-state index contributed by atoms with van der Waals surface area (Å²) >= 11 is 15.1. The number of nitrogens with one attached hydrogen (secondary N) is 1. The summed E-state index contributed by atoms with van der Waals surface area (Å²) < 4.78 is 2.63. The van der Waals surface area contributed by atoms with Crippen LogP contribution in [-0.2, 0) is 6.54 Å². The molecule has 1 aromatic heterocycles. The first-order valence-corrected chi connectivity index (χ1v) is 7.03. The quantitative estimate of drug-likeness (QED) is 0.906. The normalized spacial score (nSPS) is 10.5. The fraction of sp³-hybridized carbons (Fsp3) is 0.167. The summed E-state index contributed by atoms with van der Waals surface area (Å²) in [4.78, 5) is 11.9. The number of rotatable bonds is 4. The van der Waals surface area contributed by atoms with E-state index in [2.05, 4.69) is 26.3 Å². The second-order valence-electron chi connectivity index (χ2n) is 3.78. The van der Waals surface area contributed by atoms with Crippen molar-refractivity contribution in [2.75, 3.05) is 6.54 Å². The van der Waals surface area contributed by atoms with Gasteiger partial charge in [-0.25, -0.2) is 0 Å². The lowest BCUT2D eigenvalue weighted by Crippen LogP contribution is -2.27. The molecule has 0 aliphatic carbocycles. The van der Waals surface area contributed by atoms with Crippen molar-refractivity contribution in [2.45, 2.75) is 6.54 Å². The molecule has 0 bridgehead atoms. The molecule has 0 spiro atoms. The maximum atomic E-state index is 11.9. The molecule has 7 heteroatoms. The lowest BCUT2D eigenvalue weighted by Gasteiger charge is -2.07. The Bertz CT molecular complexity index is 600. The minimum atomic E-state index is -0.251. The minimum absolute atomic E-state index is 0.251. The maximum Gasteiger partial charge on any atom is 0.252 e. The standard InChI is InChI=1S/C12H10BrCl2N3O/c13-8-6-17-18(7-8)5-4-16-12(19)9-2-1-3-10(14)11(9)15/h1-3,6-7H,4-5H2,(H,16,19). The molecular formula is C12H10BrCl2N3O. The van der Waals surface area contributed by atoms with Gasteiger partial charge in [0.1, 0.15) is 0 Å². The molecule has 1 aromatic carbocycles. The second-order valence-corrected chi connectivity index (χ2v) is 5.48. The largest absolute Gasteiger partial charge is 0.350 e. The van der Waals surface area contributed by atoms with Crippen LogP contribution < -0.4 is 5.32 Å². The monoisotopic (exact) mass is 361 g/mol. The second kappa shape index (κ2) is 6.41. The Morgan fingerprint density at radius 3 is 2.89 bits per heavy atom. The summed E-state index contributed by atoms with van der Waals surface area (Å²) in [6, 6.07) is 4.96. The Morgan fingerprint density at radius 1 is 1.42 bits per heavy atom. The van der Waals surface area contributed by atoms with Gasteiger partial charge in [-0.15, -0.1) is 0 Å². The number of nitrogens with zero attached hydrogens (tertiary/aromatic N) is 2. The topological polar surface area (TPSA) is 46.9 Å². The van der Waals surface area contributed by atoms with Crippen molar-refractivity contribution in [1.29, 1.82) is 0 Å². The van der Waals surface area contributed by atoms with Gasteiger partial charge in [-0.1, -0.05) is 29.3 Å². The summed E-state index contributed by atoms with van der Waals surface area (Å²) in [5.41, 5.74) is 0.371. The van der Waals surface area contributed by atoms with Crippen LogP contribution in [0.1, 0.15) is 10.4 Å². The van der Waals surface area contributed by atoms with Gasteiger partial charge in [0.2, 0.25) is 0 Å². The van der Waals surface area contributed by atoms with E-state index in [-0.39, 0.29) is 10.9 Å². The summed E-state index contributed by atoms with van der Waals surface area (Å²) in [5.74, 6) is -0.251. The van der Waals surface area contributed by atoms with Gasteiger partial charge in [-0.3, -0.25) is 9.48 Å². The van der Waals surface area contributed by atoms with Gasteiger partial charge in [0, 0.05) is 12.7 Å². The molecule has 0 saturated carbocycles. The predicted octanol–water partition coefficient (Wildman–Crippen LogP) is 3.38. The van der Waals surface area contributed by atoms with Crippen molar-refractivity contribution in [3.63, 3.8) is 0 Å².